The van der Waals surface area contributed by atoms with Crippen molar-refractivity contribution in [2.24, 2.45) is 5.73 Å². The maximum atomic E-state index is 5.78. The maximum Gasteiger partial charge on any atom is 0.142 e. The van der Waals surface area contributed by atoms with E-state index in [-0.39, 0.29) is 0 Å². The second-order valence-electron chi connectivity index (χ2n) is 4.28. The van der Waals surface area contributed by atoms with Gasteiger partial charge in [-0.3, -0.25) is 0 Å². The monoisotopic (exact) mass is 218 g/mol. The number of aromatic amines is 1. The normalized spacial score (nSPS) is 11.3. The van der Waals surface area contributed by atoms with E-state index in [1.54, 1.807) is 7.11 Å². The zero-order valence-corrected chi connectivity index (χ0v) is 10.0. The molecule has 0 bridgehead atoms. The number of H-pyrrole nitrogens is 1. The van der Waals surface area contributed by atoms with Crippen molar-refractivity contribution >= 4 is 10.9 Å². The van der Waals surface area contributed by atoms with E-state index in [4.69, 9.17) is 10.5 Å². The maximum absolute atomic E-state index is 5.78. The molecule has 0 unspecified atom stereocenters. The van der Waals surface area contributed by atoms with Crippen LogP contribution in [0.2, 0.25) is 0 Å². The van der Waals surface area contributed by atoms with Crippen LogP contribution in [0.15, 0.2) is 18.3 Å². The molecule has 3 nitrogen and oxygen atoms in total. The highest BCUT2D eigenvalue weighted by Gasteiger charge is 2.13. The van der Waals surface area contributed by atoms with Gasteiger partial charge in [-0.05, 0) is 23.1 Å². The Morgan fingerprint density at radius 2 is 2.12 bits per heavy atom. The van der Waals surface area contributed by atoms with Gasteiger partial charge >= 0.3 is 0 Å². The molecular weight excluding hydrogens is 200 g/mol. The second-order valence-corrected chi connectivity index (χ2v) is 4.28. The first-order valence-corrected chi connectivity index (χ1v) is 5.56. The molecule has 1 aromatic carbocycles. The Morgan fingerprint density at radius 3 is 2.69 bits per heavy atom. The van der Waals surface area contributed by atoms with Crippen molar-refractivity contribution in [1.29, 1.82) is 0 Å². The van der Waals surface area contributed by atoms with Crippen LogP contribution in [0, 0.1) is 0 Å². The summed E-state index contributed by atoms with van der Waals surface area (Å²) >= 11 is 0. The zero-order chi connectivity index (χ0) is 11.7. The van der Waals surface area contributed by atoms with E-state index in [9.17, 15) is 0 Å². The van der Waals surface area contributed by atoms with E-state index >= 15 is 0 Å². The Labute approximate surface area is 95.6 Å². The van der Waals surface area contributed by atoms with Gasteiger partial charge in [-0.1, -0.05) is 19.9 Å². The van der Waals surface area contributed by atoms with Gasteiger partial charge in [0.25, 0.3) is 0 Å². The topological polar surface area (TPSA) is 51.0 Å². The van der Waals surface area contributed by atoms with E-state index < -0.39 is 0 Å². The number of ether oxygens (including phenoxy) is 1. The van der Waals surface area contributed by atoms with Crippen molar-refractivity contribution in [3.8, 4) is 5.75 Å². The van der Waals surface area contributed by atoms with Crippen LogP contribution in [-0.4, -0.2) is 12.1 Å². The Hall–Kier alpha value is -1.48. The fourth-order valence-corrected chi connectivity index (χ4v) is 2.12. The highest BCUT2D eigenvalue weighted by molar-refractivity contribution is 5.91. The number of aromatic nitrogens is 1. The lowest BCUT2D eigenvalue weighted by Gasteiger charge is -2.09. The molecule has 3 heteroatoms. The molecule has 0 aliphatic carbocycles. The number of methoxy groups -OCH3 is 1. The summed E-state index contributed by atoms with van der Waals surface area (Å²) < 4.78 is 5.35. The predicted molar refractivity (Wildman–Crippen MR) is 66.8 cm³/mol. The standard InChI is InChI=1S/C13H18N2O/c1-8(2)10-7-15-13-11(16-3)5-4-9(6-14)12(10)13/h4-5,7-8,15H,6,14H2,1-3H3. The number of benzene rings is 1. The minimum atomic E-state index is 0.478. The molecule has 0 aliphatic rings. The van der Waals surface area contributed by atoms with Crippen molar-refractivity contribution < 1.29 is 4.74 Å². The molecule has 0 amide bonds. The first kappa shape index (κ1) is 11.0. The minimum absolute atomic E-state index is 0.478. The lowest BCUT2D eigenvalue weighted by molar-refractivity contribution is 0.419. The summed E-state index contributed by atoms with van der Waals surface area (Å²) in [6.45, 7) is 4.92. The molecule has 2 aromatic rings. The van der Waals surface area contributed by atoms with Crippen LogP contribution in [0.3, 0.4) is 0 Å². The first-order valence-electron chi connectivity index (χ1n) is 5.56. The Bertz CT molecular complexity index is 500. The number of nitrogens with two attached hydrogens (primary N) is 1. The van der Waals surface area contributed by atoms with Crippen LogP contribution in [0.25, 0.3) is 10.9 Å². The van der Waals surface area contributed by atoms with E-state index in [1.165, 1.54) is 16.5 Å². The van der Waals surface area contributed by atoms with Crippen molar-refractivity contribution in [3.63, 3.8) is 0 Å². The fraction of sp³-hybridized carbons (Fsp3) is 0.385. The molecule has 3 N–H and O–H groups in total. The van der Waals surface area contributed by atoms with E-state index in [0.29, 0.717) is 12.5 Å². The molecule has 1 heterocycles. The van der Waals surface area contributed by atoms with Crippen LogP contribution in [-0.2, 0) is 6.54 Å². The lowest BCUT2D eigenvalue weighted by Crippen LogP contribution is -1.99. The Morgan fingerprint density at radius 1 is 1.38 bits per heavy atom. The summed E-state index contributed by atoms with van der Waals surface area (Å²) in [6.07, 6.45) is 2.05. The third kappa shape index (κ3) is 1.57. The van der Waals surface area contributed by atoms with Gasteiger partial charge in [0, 0.05) is 18.1 Å². The van der Waals surface area contributed by atoms with E-state index in [1.807, 2.05) is 12.1 Å². The second kappa shape index (κ2) is 4.18. The van der Waals surface area contributed by atoms with Gasteiger partial charge in [0.05, 0.1) is 12.6 Å². The molecule has 0 fully saturated rings. The summed E-state index contributed by atoms with van der Waals surface area (Å²) in [5.41, 5.74) is 9.30. The Balaban J connectivity index is 2.77. The highest BCUT2D eigenvalue weighted by atomic mass is 16.5. The molecule has 0 saturated heterocycles. The summed E-state index contributed by atoms with van der Waals surface area (Å²) in [7, 11) is 1.69. The third-order valence-electron chi connectivity index (χ3n) is 2.98. The number of rotatable bonds is 3. The van der Waals surface area contributed by atoms with Crippen molar-refractivity contribution in [3.05, 3.63) is 29.5 Å². The Kier molecular flexibility index (Phi) is 2.88. The minimum Gasteiger partial charge on any atom is -0.495 e. The third-order valence-corrected chi connectivity index (χ3v) is 2.98. The molecule has 1 aromatic heterocycles. The summed E-state index contributed by atoms with van der Waals surface area (Å²) in [5.74, 6) is 1.35. The summed E-state index contributed by atoms with van der Waals surface area (Å²) in [4.78, 5) is 3.28. The van der Waals surface area contributed by atoms with Crippen molar-refractivity contribution in [2.45, 2.75) is 26.3 Å². The summed E-state index contributed by atoms with van der Waals surface area (Å²) in [6, 6.07) is 4.01. The number of hydrogen-bond acceptors (Lipinski definition) is 2. The molecule has 2 rings (SSSR count). The zero-order valence-electron chi connectivity index (χ0n) is 10.0. The molecular formula is C13H18N2O. The smallest absolute Gasteiger partial charge is 0.142 e. The highest BCUT2D eigenvalue weighted by Crippen LogP contribution is 2.33. The number of fused-ring (bicyclic) bond motifs is 1. The van der Waals surface area contributed by atoms with Gasteiger partial charge in [-0.2, -0.15) is 0 Å². The van der Waals surface area contributed by atoms with Gasteiger partial charge in [0.2, 0.25) is 0 Å². The molecule has 0 radical (unpaired) electrons. The van der Waals surface area contributed by atoms with Crippen LogP contribution < -0.4 is 10.5 Å². The van der Waals surface area contributed by atoms with E-state index in [2.05, 4.69) is 25.0 Å². The largest absolute Gasteiger partial charge is 0.495 e. The lowest BCUT2D eigenvalue weighted by atomic mass is 9.98. The van der Waals surface area contributed by atoms with Gasteiger partial charge in [0.1, 0.15) is 5.75 Å². The van der Waals surface area contributed by atoms with Crippen LogP contribution in [0.4, 0.5) is 0 Å². The molecule has 86 valence electrons. The average molecular weight is 218 g/mol. The first-order chi connectivity index (χ1) is 7.69. The molecule has 0 aliphatic heterocycles. The average Bonchev–Trinajstić information content (AvgIpc) is 2.72. The van der Waals surface area contributed by atoms with Gasteiger partial charge < -0.3 is 15.5 Å². The molecule has 0 spiro atoms. The predicted octanol–water partition coefficient (Wildman–Crippen LogP) is 2.76. The molecule has 16 heavy (non-hydrogen) atoms. The van der Waals surface area contributed by atoms with Crippen molar-refractivity contribution in [1.82, 2.24) is 4.98 Å². The molecule has 0 saturated carbocycles. The van der Waals surface area contributed by atoms with E-state index in [0.717, 1.165) is 11.3 Å². The van der Waals surface area contributed by atoms with Crippen molar-refractivity contribution in [2.75, 3.05) is 7.11 Å². The van der Waals surface area contributed by atoms with Crippen LogP contribution >= 0.6 is 0 Å². The number of nitrogens with one attached hydrogen (secondary N) is 1. The van der Waals surface area contributed by atoms with Crippen LogP contribution in [0.5, 0.6) is 5.75 Å². The summed E-state index contributed by atoms with van der Waals surface area (Å²) in [5, 5.41) is 1.22. The van der Waals surface area contributed by atoms with Crippen LogP contribution in [0.1, 0.15) is 30.9 Å². The SMILES string of the molecule is COc1ccc(CN)c2c(C(C)C)c[nH]c12. The van der Waals surface area contributed by atoms with Gasteiger partial charge in [-0.25, -0.2) is 0 Å². The number of hydrogen-bond donors (Lipinski definition) is 2. The molecule has 0 atom stereocenters. The fourth-order valence-electron chi connectivity index (χ4n) is 2.12. The quantitative estimate of drug-likeness (QED) is 0.832. The van der Waals surface area contributed by atoms with Gasteiger partial charge in [0.15, 0.2) is 0 Å². The van der Waals surface area contributed by atoms with Gasteiger partial charge in [-0.15, -0.1) is 0 Å².